The summed E-state index contributed by atoms with van der Waals surface area (Å²) in [5.74, 6) is -1.35. The number of carbonyl (C=O) groups is 2. The Labute approximate surface area is 131 Å². The second-order valence-corrected chi connectivity index (χ2v) is 5.41. The third-order valence-corrected chi connectivity index (χ3v) is 3.92. The summed E-state index contributed by atoms with van der Waals surface area (Å²) in [5, 5.41) is 11.8. The molecule has 0 aliphatic heterocycles. The molecular weight excluding hydrogens is 310 g/mol. The van der Waals surface area contributed by atoms with Gasteiger partial charge in [-0.05, 0) is 36.6 Å². The second kappa shape index (κ2) is 6.65. The van der Waals surface area contributed by atoms with Crippen molar-refractivity contribution < 1.29 is 14.7 Å². The van der Waals surface area contributed by atoms with Gasteiger partial charge >= 0.3 is 5.97 Å². The Morgan fingerprint density at radius 1 is 1.19 bits per heavy atom. The highest BCUT2D eigenvalue weighted by molar-refractivity contribution is 7.98. The van der Waals surface area contributed by atoms with Gasteiger partial charge in [0.2, 0.25) is 0 Å². The number of hydrogen-bond acceptors (Lipinski definition) is 3. The summed E-state index contributed by atoms with van der Waals surface area (Å²) >= 11 is 7.47. The van der Waals surface area contributed by atoms with Gasteiger partial charge in [-0.1, -0.05) is 23.7 Å². The van der Waals surface area contributed by atoms with Gasteiger partial charge in [-0.3, -0.25) is 4.79 Å². The summed E-state index contributed by atoms with van der Waals surface area (Å²) in [5.41, 5.74) is 0.994. The van der Waals surface area contributed by atoms with Crippen molar-refractivity contribution in [2.75, 3.05) is 11.6 Å². The first kappa shape index (κ1) is 15.4. The van der Waals surface area contributed by atoms with Crippen LogP contribution in [0.3, 0.4) is 0 Å². The van der Waals surface area contributed by atoms with E-state index in [9.17, 15) is 9.59 Å². The first-order chi connectivity index (χ1) is 10.0. The van der Waals surface area contributed by atoms with Crippen LogP contribution in [0.2, 0.25) is 5.02 Å². The van der Waals surface area contributed by atoms with Gasteiger partial charge in [0.05, 0.1) is 21.8 Å². The molecule has 1 amide bonds. The number of carboxylic acids is 1. The molecule has 0 bridgehead atoms. The minimum absolute atomic E-state index is 0.0718. The van der Waals surface area contributed by atoms with E-state index in [0.29, 0.717) is 11.3 Å². The zero-order valence-electron chi connectivity index (χ0n) is 11.1. The van der Waals surface area contributed by atoms with Crippen LogP contribution in [0.4, 0.5) is 5.69 Å². The van der Waals surface area contributed by atoms with E-state index < -0.39 is 5.97 Å². The maximum Gasteiger partial charge on any atom is 0.335 e. The monoisotopic (exact) mass is 321 g/mol. The lowest BCUT2D eigenvalue weighted by atomic mass is 10.2. The van der Waals surface area contributed by atoms with Gasteiger partial charge in [0.25, 0.3) is 5.91 Å². The maximum atomic E-state index is 12.3. The van der Waals surface area contributed by atoms with Crippen molar-refractivity contribution in [1.29, 1.82) is 0 Å². The van der Waals surface area contributed by atoms with Crippen LogP contribution >= 0.6 is 23.4 Å². The first-order valence-corrected chi connectivity index (χ1v) is 7.60. The van der Waals surface area contributed by atoms with E-state index in [1.54, 1.807) is 12.1 Å². The largest absolute Gasteiger partial charge is 0.478 e. The Balaban J connectivity index is 2.26. The van der Waals surface area contributed by atoms with Crippen molar-refractivity contribution in [2.24, 2.45) is 0 Å². The fraction of sp³-hybridized carbons (Fsp3) is 0.0667. The number of nitrogens with one attached hydrogen (secondary N) is 1. The van der Waals surface area contributed by atoms with Gasteiger partial charge in [-0.25, -0.2) is 4.79 Å². The van der Waals surface area contributed by atoms with Gasteiger partial charge in [0.1, 0.15) is 0 Å². The number of amides is 1. The molecule has 2 N–H and O–H groups in total. The predicted octanol–water partition coefficient (Wildman–Crippen LogP) is 4.01. The molecule has 108 valence electrons. The number of thioether (sulfide) groups is 1. The summed E-state index contributed by atoms with van der Waals surface area (Å²) < 4.78 is 0. The molecule has 0 heterocycles. The lowest BCUT2D eigenvalue weighted by Crippen LogP contribution is -2.13. The normalized spacial score (nSPS) is 10.2. The third kappa shape index (κ3) is 3.56. The molecule has 2 aromatic carbocycles. The van der Waals surface area contributed by atoms with E-state index in [0.717, 1.165) is 4.90 Å². The average Bonchev–Trinajstić information content (AvgIpc) is 2.48. The number of anilines is 1. The molecule has 2 rings (SSSR count). The molecule has 2 aromatic rings. The van der Waals surface area contributed by atoms with E-state index in [4.69, 9.17) is 16.7 Å². The number of halogens is 1. The second-order valence-electron chi connectivity index (χ2n) is 4.15. The Hall–Kier alpha value is -1.98. The number of benzene rings is 2. The third-order valence-electron chi connectivity index (χ3n) is 2.82. The number of carbonyl (C=O) groups excluding carboxylic acids is 1. The highest BCUT2D eigenvalue weighted by Gasteiger charge is 2.13. The zero-order chi connectivity index (χ0) is 15.4. The van der Waals surface area contributed by atoms with Crippen molar-refractivity contribution in [1.82, 2.24) is 0 Å². The van der Waals surface area contributed by atoms with Crippen molar-refractivity contribution in [3.63, 3.8) is 0 Å². The van der Waals surface area contributed by atoms with Crippen LogP contribution in [0.15, 0.2) is 47.4 Å². The summed E-state index contributed by atoms with van der Waals surface area (Å²) in [6.07, 6.45) is 1.89. The minimum atomic E-state index is -1.07. The average molecular weight is 322 g/mol. The smallest absolute Gasteiger partial charge is 0.335 e. The van der Waals surface area contributed by atoms with Crippen LogP contribution in [0.5, 0.6) is 0 Å². The fourth-order valence-corrected chi connectivity index (χ4v) is 2.59. The molecule has 0 radical (unpaired) electrons. The van der Waals surface area contributed by atoms with Crippen molar-refractivity contribution in [3.05, 3.63) is 58.6 Å². The summed E-state index contributed by atoms with van der Waals surface area (Å²) in [6.45, 7) is 0. The quantitative estimate of drug-likeness (QED) is 0.835. The Morgan fingerprint density at radius 2 is 1.90 bits per heavy atom. The maximum absolute atomic E-state index is 12.3. The molecular formula is C15H12ClNO3S. The van der Waals surface area contributed by atoms with Gasteiger partial charge < -0.3 is 10.4 Å². The molecule has 21 heavy (non-hydrogen) atoms. The molecule has 0 saturated heterocycles. The molecule has 0 atom stereocenters. The number of rotatable bonds is 4. The van der Waals surface area contributed by atoms with E-state index in [1.165, 1.54) is 30.0 Å². The van der Waals surface area contributed by atoms with Gasteiger partial charge in [-0.15, -0.1) is 11.8 Å². The number of aromatic carboxylic acids is 1. The summed E-state index contributed by atoms with van der Waals surface area (Å²) in [6, 6.07) is 11.4. The Morgan fingerprint density at radius 3 is 2.52 bits per heavy atom. The van der Waals surface area contributed by atoms with E-state index >= 15 is 0 Å². The predicted molar refractivity (Wildman–Crippen MR) is 84.6 cm³/mol. The fourth-order valence-electron chi connectivity index (χ4n) is 1.77. The van der Waals surface area contributed by atoms with Crippen molar-refractivity contribution >= 4 is 40.9 Å². The molecule has 6 heteroatoms. The molecule has 4 nitrogen and oxygen atoms in total. The molecule has 0 aromatic heterocycles. The van der Waals surface area contributed by atoms with Crippen LogP contribution < -0.4 is 5.32 Å². The van der Waals surface area contributed by atoms with Crippen LogP contribution in [-0.4, -0.2) is 23.2 Å². The summed E-state index contributed by atoms with van der Waals surface area (Å²) in [7, 11) is 0. The number of hydrogen-bond donors (Lipinski definition) is 2. The highest BCUT2D eigenvalue weighted by atomic mass is 35.5. The topological polar surface area (TPSA) is 66.4 Å². The lowest BCUT2D eigenvalue weighted by molar-refractivity contribution is 0.0696. The lowest BCUT2D eigenvalue weighted by Gasteiger charge is -2.10. The van der Waals surface area contributed by atoms with Crippen LogP contribution in [0, 0.1) is 0 Å². The SMILES string of the molecule is CSc1ccccc1C(=O)Nc1ccc(C(=O)O)cc1Cl. The summed E-state index contributed by atoms with van der Waals surface area (Å²) in [4.78, 5) is 24.0. The van der Waals surface area contributed by atoms with Crippen LogP contribution in [0.1, 0.15) is 20.7 Å². The highest BCUT2D eigenvalue weighted by Crippen LogP contribution is 2.25. The van der Waals surface area contributed by atoms with Crippen LogP contribution in [0.25, 0.3) is 0 Å². The van der Waals surface area contributed by atoms with Gasteiger partial charge in [-0.2, -0.15) is 0 Å². The molecule has 0 aliphatic carbocycles. The molecule has 0 spiro atoms. The van der Waals surface area contributed by atoms with E-state index in [1.807, 2.05) is 18.4 Å². The van der Waals surface area contributed by atoms with Gasteiger partial charge in [0.15, 0.2) is 0 Å². The van der Waals surface area contributed by atoms with Crippen molar-refractivity contribution in [2.45, 2.75) is 4.90 Å². The zero-order valence-corrected chi connectivity index (χ0v) is 12.7. The molecule has 0 fully saturated rings. The first-order valence-electron chi connectivity index (χ1n) is 6.00. The molecule has 0 unspecified atom stereocenters. The van der Waals surface area contributed by atoms with Crippen molar-refractivity contribution in [3.8, 4) is 0 Å². The molecule has 0 saturated carbocycles. The standard InChI is InChI=1S/C15H12ClNO3S/c1-21-13-5-3-2-4-10(13)14(18)17-12-7-6-9(15(19)20)8-11(12)16/h2-8H,1H3,(H,17,18)(H,19,20). The van der Waals surface area contributed by atoms with E-state index in [-0.39, 0.29) is 16.5 Å². The molecule has 0 aliphatic rings. The van der Waals surface area contributed by atoms with Gasteiger partial charge in [0, 0.05) is 4.90 Å². The Bertz CT molecular complexity index is 703. The van der Waals surface area contributed by atoms with E-state index in [2.05, 4.69) is 5.32 Å². The minimum Gasteiger partial charge on any atom is -0.478 e. The number of carboxylic acid groups (broad SMARTS) is 1. The van der Waals surface area contributed by atoms with Crippen LogP contribution in [-0.2, 0) is 0 Å². The Kier molecular flexibility index (Phi) is 4.88.